The highest BCUT2D eigenvalue weighted by Crippen LogP contribution is 2.25. The lowest BCUT2D eigenvalue weighted by Crippen LogP contribution is -2.32. The highest BCUT2D eigenvalue weighted by atomic mass is 79.9. The van der Waals surface area contributed by atoms with Gasteiger partial charge in [0.25, 0.3) is 0 Å². The molecule has 0 saturated heterocycles. The van der Waals surface area contributed by atoms with Gasteiger partial charge < -0.3 is 15.2 Å². The summed E-state index contributed by atoms with van der Waals surface area (Å²) in [6, 6.07) is 2.84. The Morgan fingerprint density at radius 3 is 2.83 bits per heavy atom. The topological polar surface area (TPSA) is 41.5 Å². The van der Waals surface area contributed by atoms with Crippen LogP contribution in [0.4, 0.5) is 8.78 Å². The molecule has 1 aliphatic carbocycles. The van der Waals surface area contributed by atoms with Gasteiger partial charge in [0.05, 0.1) is 0 Å². The summed E-state index contributed by atoms with van der Waals surface area (Å²) in [6.07, 6.45) is 1.50. The first kappa shape index (κ1) is 13.7. The van der Waals surface area contributed by atoms with E-state index in [2.05, 4.69) is 21.2 Å². The van der Waals surface area contributed by atoms with E-state index >= 15 is 0 Å². The highest BCUT2D eigenvalue weighted by Gasteiger charge is 2.21. The Labute approximate surface area is 112 Å². The van der Waals surface area contributed by atoms with Gasteiger partial charge in [0.2, 0.25) is 5.82 Å². The van der Waals surface area contributed by atoms with Crippen LogP contribution in [-0.2, 0) is 0 Å². The number of nitrogens with one attached hydrogen (secondary N) is 1. The van der Waals surface area contributed by atoms with E-state index in [9.17, 15) is 13.9 Å². The van der Waals surface area contributed by atoms with Gasteiger partial charge in [0.1, 0.15) is 12.7 Å². The van der Waals surface area contributed by atoms with Gasteiger partial charge in [-0.1, -0.05) is 15.9 Å². The molecule has 6 heteroatoms. The molecule has 1 fully saturated rings. The summed E-state index contributed by atoms with van der Waals surface area (Å²) in [5.74, 6) is -2.22. The molecule has 100 valence electrons. The fourth-order valence-electron chi connectivity index (χ4n) is 1.47. The number of rotatable bonds is 6. The van der Waals surface area contributed by atoms with Crippen LogP contribution in [0, 0.1) is 11.6 Å². The van der Waals surface area contributed by atoms with Crippen LogP contribution in [0.5, 0.6) is 5.75 Å². The Hall–Kier alpha value is -0.720. The molecule has 1 aromatic rings. The average molecular weight is 322 g/mol. The van der Waals surface area contributed by atoms with E-state index in [0.29, 0.717) is 17.1 Å². The second-order valence-corrected chi connectivity index (χ2v) is 5.26. The smallest absolute Gasteiger partial charge is 0.200 e. The van der Waals surface area contributed by atoms with Crippen molar-refractivity contribution in [1.29, 1.82) is 0 Å². The summed E-state index contributed by atoms with van der Waals surface area (Å²) < 4.78 is 31.9. The van der Waals surface area contributed by atoms with E-state index in [1.54, 1.807) is 0 Å². The highest BCUT2D eigenvalue weighted by molar-refractivity contribution is 9.10. The van der Waals surface area contributed by atoms with Crippen LogP contribution in [-0.4, -0.2) is 30.4 Å². The third-order valence-corrected chi connectivity index (χ3v) is 3.07. The van der Waals surface area contributed by atoms with Crippen LogP contribution >= 0.6 is 15.9 Å². The Kier molecular flexibility index (Phi) is 4.53. The molecule has 0 amide bonds. The average Bonchev–Trinajstić information content (AvgIpc) is 3.13. The molecule has 0 spiro atoms. The Morgan fingerprint density at radius 1 is 1.44 bits per heavy atom. The first-order chi connectivity index (χ1) is 8.56. The third-order valence-electron chi connectivity index (χ3n) is 2.61. The van der Waals surface area contributed by atoms with Crippen molar-refractivity contribution in [3.63, 3.8) is 0 Å². The van der Waals surface area contributed by atoms with Gasteiger partial charge in [-0.25, -0.2) is 4.39 Å². The van der Waals surface area contributed by atoms with Crippen molar-refractivity contribution in [2.45, 2.75) is 25.0 Å². The number of halogens is 3. The SMILES string of the molecule is OC(CNC1CC1)COc1cc(Br)cc(F)c1F. The van der Waals surface area contributed by atoms with E-state index in [4.69, 9.17) is 4.74 Å². The lowest BCUT2D eigenvalue weighted by Gasteiger charge is -2.13. The van der Waals surface area contributed by atoms with Crippen LogP contribution in [0.1, 0.15) is 12.8 Å². The third kappa shape index (κ3) is 3.90. The lowest BCUT2D eigenvalue weighted by atomic mass is 10.3. The molecule has 1 atom stereocenters. The van der Waals surface area contributed by atoms with Crippen molar-refractivity contribution in [2.75, 3.05) is 13.2 Å². The quantitative estimate of drug-likeness (QED) is 0.789. The van der Waals surface area contributed by atoms with Crippen LogP contribution < -0.4 is 10.1 Å². The fraction of sp³-hybridized carbons (Fsp3) is 0.500. The zero-order valence-corrected chi connectivity index (χ0v) is 11.2. The molecule has 1 aliphatic rings. The maximum Gasteiger partial charge on any atom is 0.200 e. The number of hydrogen-bond acceptors (Lipinski definition) is 3. The van der Waals surface area contributed by atoms with E-state index in [1.807, 2.05) is 0 Å². The number of hydrogen-bond donors (Lipinski definition) is 2. The minimum Gasteiger partial charge on any atom is -0.488 e. The van der Waals surface area contributed by atoms with Gasteiger partial charge in [-0.3, -0.25) is 0 Å². The van der Waals surface area contributed by atoms with E-state index in [0.717, 1.165) is 18.9 Å². The van der Waals surface area contributed by atoms with Crippen LogP contribution in [0.25, 0.3) is 0 Å². The predicted octanol–water partition coefficient (Wildman–Crippen LogP) is 2.22. The molecular weight excluding hydrogens is 308 g/mol. The molecule has 2 N–H and O–H groups in total. The van der Waals surface area contributed by atoms with E-state index < -0.39 is 17.7 Å². The summed E-state index contributed by atoms with van der Waals surface area (Å²) in [4.78, 5) is 0. The van der Waals surface area contributed by atoms with Crippen molar-refractivity contribution in [3.05, 3.63) is 28.2 Å². The largest absolute Gasteiger partial charge is 0.488 e. The molecular formula is C12H14BrF2NO2. The van der Waals surface area contributed by atoms with Crippen LogP contribution in [0.15, 0.2) is 16.6 Å². The minimum absolute atomic E-state index is 0.0769. The van der Waals surface area contributed by atoms with Gasteiger partial charge in [-0.05, 0) is 25.0 Å². The summed E-state index contributed by atoms with van der Waals surface area (Å²) in [7, 11) is 0. The second-order valence-electron chi connectivity index (χ2n) is 4.35. The van der Waals surface area contributed by atoms with Crippen LogP contribution in [0.3, 0.4) is 0 Å². The van der Waals surface area contributed by atoms with Crippen molar-refractivity contribution < 1.29 is 18.6 Å². The Balaban J connectivity index is 1.84. The van der Waals surface area contributed by atoms with Gasteiger partial charge in [-0.15, -0.1) is 0 Å². The summed E-state index contributed by atoms with van der Waals surface area (Å²) in [5.41, 5.74) is 0. The molecule has 0 aliphatic heterocycles. The molecule has 1 unspecified atom stereocenters. The van der Waals surface area contributed by atoms with Gasteiger partial charge in [0.15, 0.2) is 11.6 Å². The summed E-state index contributed by atoms with van der Waals surface area (Å²) in [6.45, 7) is 0.315. The molecule has 0 aromatic heterocycles. The molecule has 18 heavy (non-hydrogen) atoms. The number of aliphatic hydroxyl groups is 1. The molecule has 0 radical (unpaired) electrons. The van der Waals surface area contributed by atoms with Gasteiger partial charge in [-0.2, -0.15) is 4.39 Å². The molecule has 3 nitrogen and oxygen atoms in total. The normalized spacial score (nSPS) is 16.7. The van der Waals surface area contributed by atoms with Crippen LogP contribution in [0.2, 0.25) is 0 Å². The Morgan fingerprint density at radius 2 is 2.17 bits per heavy atom. The van der Waals surface area contributed by atoms with E-state index in [1.165, 1.54) is 6.07 Å². The maximum absolute atomic E-state index is 13.3. The maximum atomic E-state index is 13.3. The number of aliphatic hydroxyl groups excluding tert-OH is 1. The first-order valence-corrected chi connectivity index (χ1v) is 6.54. The zero-order valence-electron chi connectivity index (χ0n) is 9.63. The van der Waals surface area contributed by atoms with Crippen molar-refractivity contribution in [1.82, 2.24) is 5.32 Å². The molecule has 2 rings (SSSR count). The van der Waals surface area contributed by atoms with Crippen molar-refractivity contribution in [3.8, 4) is 5.75 Å². The Bertz CT molecular complexity index is 427. The molecule has 1 saturated carbocycles. The fourth-order valence-corrected chi connectivity index (χ4v) is 1.88. The first-order valence-electron chi connectivity index (χ1n) is 5.75. The molecule has 1 aromatic carbocycles. The van der Waals surface area contributed by atoms with Gasteiger partial charge >= 0.3 is 0 Å². The monoisotopic (exact) mass is 321 g/mol. The minimum atomic E-state index is -1.04. The van der Waals surface area contributed by atoms with Gasteiger partial charge in [0, 0.05) is 17.1 Å². The van der Waals surface area contributed by atoms with Crippen molar-refractivity contribution in [2.24, 2.45) is 0 Å². The van der Waals surface area contributed by atoms with E-state index in [-0.39, 0.29) is 12.4 Å². The standard InChI is InChI=1S/C12H14BrF2NO2/c13-7-3-10(14)12(15)11(4-7)18-6-9(17)5-16-8-1-2-8/h3-4,8-9,16-17H,1-2,5-6H2. The number of benzene rings is 1. The summed E-state index contributed by atoms with van der Waals surface area (Å²) >= 11 is 3.05. The predicted molar refractivity (Wildman–Crippen MR) is 66.6 cm³/mol. The van der Waals surface area contributed by atoms with Crippen molar-refractivity contribution >= 4 is 15.9 Å². The lowest BCUT2D eigenvalue weighted by molar-refractivity contribution is 0.103. The number of ether oxygens (including phenoxy) is 1. The second kappa shape index (κ2) is 5.95. The zero-order chi connectivity index (χ0) is 13.1. The summed E-state index contributed by atoms with van der Waals surface area (Å²) in [5, 5.41) is 12.7. The molecule has 0 heterocycles. The molecule has 0 bridgehead atoms.